The summed E-state index contributed by atoms with van der Waals surface area (Å²) in [4.78, 5) is 5.95. The number of nitrogens with zero attached hydrogens (tertiary/aromatic N) is 2. The summed E-state index contributed by atoms with van der Waals surface area (Å²) in [5, 5.41) is 0.682. The molecule has 1 aromatic heterocycles. The lowest BCUT2D eigenvalue weighted by Crippen LogP contribution is -2.03. The molecule has 1 aliphatic heterocycles. The normalized spacial score (nSPS) is 17.9. The molecular weight excluding hydrogens is 280 g/mol. The van der Waals surface area contributed by atoms with Gasteiger partial charge in [0.1, 0.15) is 5.82 Å². The molecule has 2 aromatic rings. The number of fused-ring (bicyclic) bond motifs is 1. The summed E-state index contributed by atoms with van der Waals surface area (Å²) in [6.45, 7) is 2.10. The Bertz CT molecular complexity index is 514. The highest BCUT2D eigenvalue weighted by Gasteiger charge is 2.22. The van der Waals surface area contributed by atoms with E-state index in [1.54, 1.807) is 0 Å². The topological polar surface area (TPSA) is 25.8 Å². The molecule has 0 saturated carbocycles. The summed E-state index contributed by atoms with van der Waals surface area (Å²) < 4.78 is 5.44. The number of thioether (sulfide) groups is 2. The fourth-order valence-electron chi connectivity index (χ4n) is 1.95. The van der Waals surface area contributed by atoms with Crippen molar-refractivity contribution in [2.75, 3.05) is 5.75 Å². The van der Waals surface area contributed by atoms with Gasteiger partial charge in [0.25, 0.3) is 0 Å². The van der Waals surface area contributed by atoms with Gasteiger partial charge in [0.15, 0.2) is 4.34 Å². The summed E-state index contributed by atoms with van der Waals surface area (Å²) in [6, 6.07) is 8.73. The van der Waals surface area contributed by atoms with Gasteiger partial charge in [-0.1, -0.05) is 36.9 Å². The number of benzene rings is 1. The van der Waals surface area contributed by atoms with Crippen molar-refractivity contribution in [3.63, 3.8) is 0 Å². The zero-order valence-electron chi connectivity index (χ0n) is 10.1. The van der Waals surface area contributed by atoms with Crippen molar-refractivity contribution in [1.29, 1.82) is 0 Å². The molecule has 94 valence electrons. The maximum Gasteiger partial charge on any atom is 0.170 e. The lowest BCUT2D eigenvalue weighted by atomic mass is 10.1. The van der Waals surface area contributed by atoms with Crippen LogP contribution in [0.1, 0.15) is 18.3 Å². The number of aromatic nitrogens is 2. The second-order valence-electron chi connectivity index (χ2n) is 4.19. The minimum Gasteiger partial charge on any atom is -0.213 e. The Morgan fingerprint density at radius 1 is 1.39 bits per heavy atom. The molecule has 0 radical (unpaired) electrons. The number of hydrogen-bond acceptors (Lipinski definition) is 5. The van der Waals surface area contributed by atoms with E-state index in [-0.39, 0.29) is 0 Å². The minimum atomic E-state index is 0.682. The van der Waals surface area contributed by atoms with Crippen LogP contribution in [0.2, 0.25) is 0 Å². The van der Waals surface area contributed by atoms with E-state index in [4.69, 9.17) is 0 Å². The molecule has 0 saturated heterocycles. The molecule has 1 aliphatic rings. The highest BCUT2D eigenvalue weighted by atomic mass is 32.2. The van der Waals surface area contributed by atoms with Crippen LogP contribution in [-0.4, -0.2) is 20.4 Å². The van der Waals surface area contributed by atoms with E-state index in [0.29, 0.717) is 5.25 Å². The predicted molar refractivity (Wildman–Crippen MR) is 79.8 cm³/mol. The standard InChI is InChI=1S/C13H14N2S3/c1-2-12-14-13(18-15-12)16-8-10-7-9-5-3-4-6-11(9)17-10/h3-6,10H,2,7-8H2,1H3. The monoisotopic (exact) mass is 294 g/mol. The van der Waals surface area contributed by atoms with Crippen LogP contribution in [0.25, 0.3) is 0 Å². The number of rotatable bonds is 4. The largest absolute Gasteiger partial charge is 0.213 e. The van der Waals surface area contributed by atoms with Gasteiger partial charge in [-0.15, -0.1) is 11.8 Å². The van der Waals surface area contributed by atoms with E-state index in [0.717, 1.165) is 22.3 Å². The Hall–Kier alpha value is -0.520. The van der Waals surface area contributed by atoms with Gasteiger partial charge >= 0.3 is 0 Å². The summed E-state index contributed by atoms with van der Waals surface area (Å²) in [5.41, 5.74) is 1.50. The van der Waals surface area contributed by atoms with Gasteiger partial charge in [0.05, 0.1) is 0 Å². The summed E-state index contributed by atoms with van der Waals surface area (Å²) in [7, 11) is 0. The van der Waals surface area contributed by atoms with Crippen LogP contribution in [0.3, 0.4) is 0 Å². The quantitative estimate of drug-likeness (QED) is 0.799. The molecular formula is C13H14N2S3. The van der Waals surface area contributed by atoms with Gasteiger partial charge in [-0.2, -0.15) is 4.37 Å². The minimum absolute atomic E-state index is 0.682. The maximum absolute atomic E-state index is 4.50. The first-order valence-electron chi connectivity index (χ1n) is 6.05. The Labute approximate surface area is 120 Å². The van der Waals surface area contributed by atoms with Crippen LogP contribution in [-0.2, 0) is 12.8 Å². The Kier molecular flexibility index (Phi) is 3.91. The van der Waals surface area contributed by atoms with Crippen LogP contribution < -0.4 is 0 Å². The molecule has 0 N–H and O–H groups in total. The van der Waals surface area contributed by atoms with Gasteiger partial charge in [-0.25, -0.2) is 4.98 Å². The molecule has 1 atom stereocenters. The van der Waals surface area contributed by atoms with Gasteiger partial charge in [-0.3, -0.25) is 0 Å². The van der Waals surface area contributed by atoms with Crippen molar-refractivity contribution in [2.45, 2.75) is 34.3 Å². The van der Waals surface area contributed by atoms with Crippen LogP contribution in [0, 0.1) is 0 Å². The van der Waals surface area contributed by atoms with Gasteiger partial charge in [0, 0.05) is 22.3 Å². The first-order chi connectivity index (χ1) is 8.85. The molecule has 0 fully saturated rings. The third-order valence-corrected chi connectivity index (χ3v) is 6.44. The number of hydrogen-bond donors (Lipinski definition) is 0. The SMILES string of the molecule is CCc1nsc(SCC2Cc3ccccc3S2)n1. The number of aryl methyl sites for hydroxylation is 1. The zero-order chi connectivity index (χ0) is 12.4. The summed E-state index contributed by atoms with van der Waals surface area (Å²) >= 11 is 5.39. The summed E-state index contributed by atoms with van der Waals surface area (Å²) in [5.74, 6) is 2.10. The van der Waals surface area contributed by atoms with E-state index in [2.05, 4.69) is 40.5 Å². The zero-order valence-corrected chi connectivity index (χ0v) is 12.6. The predicted octanol–water partition coefficient (Wildman–Crippen LogP) is 3.91. The average molecular weight is 294 g/mol. The van der Waals surface area contributed by atoms with Crippen LogP contribution >= 0.6 is 35.1 Å². The molecule has 18 heavy (non-hydrogen) atoms. The van der Waals surface area contributed by atoms with Gasteiger partial charge in [0.2, 0.25) is 0 Å². The fraction of sp³-hybridized carbons (Fsp3) is 0.385. The van der Waals surface area contributed by atoms with Crippen molar-refractivity contribution >= 4 is 35.1 Å². The van der Waals surface area contributed by atoms with Crippen LogP contribution in [0.4, 0.5) is 0 Å². The van der Waals surface area contributed by atoms with E-state index < -0.39 is 0 Å². The molecule has 1 aromatic carbocycles. The summed E-state index contributed by atoms with van der Waals surface area (Å²) in [6.07, 6.45) is 2.12. The lowest BCUT2D eigenvalue weighted by Gasteiger charge is -2.05. The molecule has 0 amide bonds. The molecule has 0 bridgehead atoms. The first-order valence-corrected chi connectivity index (χ1v) is 8.69. The lowest BCUT2D eigenvalue weighted by molar-refractivity contribution is 0.958. The van der Waals surface area contributed by atoms with Crippen molar-refractivity contribution in [3.05, 3.63) is 35.7 Å². The molecule has 2 nitrogen and oxygen atoms in total. The van der Waals surface area contributed by atoms with E-state index in [1.807, 2.05) is 23.5 Å². The molecule has 2 heterocycles. The Morgan fingerprint density at radius 3 is 3.06 bits per heavy atom. The van der Waals surface area contributed by atoms with Gasteiger partial charge in [-0.05, 0) is 29.6 Å². The van der Waals surface area contributed by atoms with Crippen LogP contribution in [0.5, 0.6) is 0 Å². The smallest absolute Gasteiger partial charge is 0.170 e. The highest BCUT2D eigenvalue weighted by molar-refractivity contribution is 8.04. The van der Waals surface area contributed by atoms with Crippen LogP contribution in [0.15, 0.2) is 33.5 Å². The van der Waals surface area contributed by atoms with Crippen molar-refractivity contribution in [3.8, 4) is 0 Å². The van der Waals surface area contributed by atoms with Crippen molar-refractivity contribution in [1.82, 2.24) is 9.36 Å². The fourth-order valence-corrected chi connectivity index (χ4v) is 5.15. The second-order valence-corrected chi connectivity index (χ2v) is 7.55. The average Bonchev–Trinajstić information content (AvgIpc) is 3.02. The molecule has 1 unspecified atom stereocenters. The van der Waals surface area contributed by atoms with Gasteiger partial charge < -0.3 is 0 Å². The molecule has 0 aliphatic carbocycles. The highest BCUT2D eigenvalue weighted by Crippen LogP contribution is 2.39. The Morgan fingerprint density at radius 2 is 2.28 bits per heavy atom. The Balaban J connectivity index is 1.57. The molecule has 5 heteroatoms. The second kappa shape index (κ2) is 5.63. The van der Waals surface area contributed by atoms with E-state index >= 15 is 0 Å². The molecule has 0 spiro atoms. The molecule has 3 rings (SSSR count). The third kappa shape index (κ3) is 2.73. The van der Waals surface area contributed by atoms with E-state index in [1.165, 1.54) is 28.4 Å². The van der Waals surface area contributed by atoms with Crippen molar-refractivity contribution in [2.24, 2.45) is 0 Å². The van der Waals surface area contributed by atoms with E-state index in [9.17, 15) is 0 Å². The van der Waals surface area contributed by atoms with Crippen molar-refractivity contribution < 1.29 is 0 Å². The first kappa shape index (κ1) is 12.5. The third-order valence-electron chi connectivity index (χ3n) is 2.87. The maximum atomic E-state index is 4.50.